The van der Waals surface area contributed by atoms with Crippen LogP contribution < -0.4 is 5.32 Å². The second-order valence-electron chi connectivity index (χ2n) is 5.93. The standard InChI is InChI=1S/C17H24N2S/c1-2-10-18-12-14-7-5-6-13(14)11-17-19-15-8-3-4-9-16(15)20-17/h3-4,8-9,13-14,18H,2,5-7,10-12H2,1H3. The molecule has 1 saturated carbocycles. The van der Waals surface area contributed by atoms with Crippen molar-refractivity contribution in [2.45, 2.75) is 39.0 Å². The van der Waals surface area contributed by atoms with Gasteiger partial charge in [-0.25, -0.2) is 4.98 Å². The highest BCUT2D eigenvalue weighted by Crippen LogP contribution is 2.35. The van der Waals surface area contributed by atoms with Crippen LogP contribution in [-0.2, 0) is 6.42 Å². The number of thiazole rings is 1. The van der Waals surface area contributed by atoms with E-state index < -0.39 is 0 Å². The van der Waals surface area contributed by atoms with Crippen LogP contribution in [-0.4, -0.2) is 18.1 Å². The van der Waals surface area contributed by atoms with Gasteiger partial charge in [0.25, 0.3) is 0 Å². The van der Waals surface area contributed by atoms with Crippen molar-refractivity contribution >= 4 is 21.6 Å². The van der Waals surface area contributed by atoms with Crippen LogP contribution in [0.25, 0.3) is 10.2 Å². The number of hydrogen-bond acceptors (Lipinski definition) is 3. The molecule has 3 rings (SSSR count). The Morgan fingerprint density at radius 3 is 2.95 bits per heavy atom. The lowest BCUT2D eigenvalue weighted by molar-refractivity contribution is 0.365. The van der Waals surface area contributed by atoms with Crippen molar-refractivity contribution in [1.29, 1.82) is 0 Å². The second-order valence-corrected chi connectivity index (χ2v) is 7.05. The fourth-order valence-corrected chi connectivity index (χ4v) is 4.41. The molecule has 2 unspecified atom stereocenters. The molecule has 0 bridgehead atoms. The molecule has 1 aromatic heterocycles. The van der Waals surface area contributed by atoms with E-state index in [-0.39, 0.29) is 0 Å². The summed E-state index contributed by atoms with van der Waals surface area (Å²) in [5.74, 6) is 1.69. The summed E-state index contributed by atoms with van der Waals surface area (Å²) >= 11 is 1.88. The van der Waals surface area contributed by atoms with E-state index in [1.807, 2.05) is 11.3 Å². The minimum absolute atomic E-state index is 0.833. The largest absolute Gasteiger partial charge is 0.316 e. The maximum Gasteiger partial charge on any atom is 0.0941 e. The van der Waals surface area contributed by atoms with E-state index >= 15 is 0 Å². The molecule has 1 N–H and O–H groups in total. The molecule has 0 spiro atoms. The number of benzene rings is 1. The Kier molecular flexibility index (Phi) is 4.69. The first-order valence-corrected chi connectivity index (χ1v) is 8.73. The highest BCUT2D eigenvalue weighted by Gasteiger charge is 2.27. The Hall–Kier alpha value is -0.930. The van der Waals surface area contributed by atoms with Gasteiger partial charge in [0.15, 0.2) is 0 Å². The molecule has 0 amide bonds. The molecule has 1 heterocycles. The highest BCUT2D eigenvalue weighted by molar-refractivity contribution is 7.18. The number of fused-ring (bicyclic) bond motifs is 1. The third-order valence-corrected chi connectivity index (χ3v) is 5.48. The molecule has 0 radical (unpaired) electrons. The van der Waals surface area contributed by atoms with Crippen LogP contribution in [0.4, 0.5) is 0 Å². The molecular weight excluding hydrogens is 264 g/mol. The summed E-state index contributed by atoms with van der Waals surface area (Å²) in [6.07, 6.45) is 6.59. The summed E-state index contributed by atoms with van der Waals surface area (Å²) in [6.45, 7) is 4.59. The molecule has 1 aliphatic rings. The van der Waals surface area contributed by atoms with Crippen molar-refractivity contribution in [2.24, 2.45) is 11.8 Å². The van der Waals surface area contributed by atoms with Gasteiger partial charge in [0.05, 0.1) is 15.2 Å². The lowest BCUT2D eigenvalue weighted by Gasteiger charge is -2.19. The number of para-hydroxylation sites is 1. The maximum absolute atomic E-state index is 4.81. The summed E-state index contributed by atoms with van der Waals surface area (Å²) in [5, 5.41) is 4.93. The Morgan fingerprint density at radius 1 is 1.25 bits per heavy atom. The van der Waals surface area contributed by atoms with Gasteiger partial charge >= 0.3 is 0 Å². The topological polar surface area (TPSA) is 24.9 Å². The number of nitrogens with zero attached hydrogens (tertiary/aromatic N) is 1. The monoisotopic (exact) mass is 288 g/mol. The smallest absolute Gasteiger partial charge is 0.0941 e. The van der Waals surface area contributed by atoms with Gasteiger partial charge in [-0.3, -0.25) is 0 Å². The van der Waals surface area contributed by atoms with Crippen LogP contribution in [0.2, 0.25) is 0 Å². The van der Waals surface area contributed by atoms with E-state index in [4.69, 9.17) is 4.98 Å². The average molecular weight is 288 g/mol. The first-order chi connectivity index (χ1) is 9.86. The average Bonchev–Trinajstić information content (AvgIpc) is 3.06. The summed E-state index contributed by atoms with van der Waals surface area (Å²) < 4.78 is 1.33. The molecule has 0 aliphatic heterocycles. The zero-order valence-electron chi connectivity index (χ0n) is 12.3. The van der Waals surface area contributed by atoms with E-state index in [9.17, 15) is 0 Å². The minimum Gasteiger partial charge on any atom is -0.316 e. The van der Waals surface area contributed by atoms with Crippen molar-refractivity contribution in [3.05, 3.63) is 29.3 Å². The zero-order valence-corrected chi connectivity index (χ0v) is 13.1. The van der Waals surface area contributed by atoms with Gasteiger partial charge in [-0.15, -0.1) is 11.3 Å². The van der Waals surface area contributed by atoms with Gasteiger partial charge in [-0.1, -0.05) is 25.5 Å². The van der Waals surface area contributed by atoms with Crippen molar-refractivity contribution in [3.8, 4) is 0 Å². The van der Waals surface area contributed by atoms with Gasteiger partial charge in [0.1, 0.15) is 0 Å². The van der Waals surface area contributed by atoms with Crippen LogP contribution in [0.1, 0.15) is 37.6 Å². The number of rotatable bonds is 6. The van der Waals surface area contributed by atoms with Crippen LogP contribution in [0.3, 0.4) is 0 Å². The molecule has 2 nitrogen and oxygen atoms in total. The molecule has 2 atom stereocenters. The molecule has 3 heteroatoms. The molecule has 20 heavy (non-hydrogen) atoms. The summed E-state index contributed by atoms with van der Waals surface area (Å²) in [5.41, 5.74) is 1.17. The molecule has 0 saturated heterocycles. The molecule has 1 fully saturated rings. The maximum atomic E-state index is 4.81. The predicted molar refractivity (Wildman–Crippen MR) is 87.3 cm³/mol. The molecule has 108 valence electrons. The van der Waals surface area contributed by atoms with E-state index in [2.05, 4.69) is 36.5 Å². The first-order valence-electron chi connectivity index (χ1n) is 7.92. The van der Waals surface area contributed by atoms with E-state index in [1.54, 1.807) is 0 Å². The van der Waals surface area contributed by atoms with Crippen LogP contribution in [0.15, 0.2) is 24.3 Å². The van der Waals surface area contributed by atoms with E-state index in [0.717, 1.165) is 18.4 Å². The van der Waals surface area contributed by atoms with E-state index in [0.29, 0.717) is 0 Å². The minimum atomic E-state index is 0.833. The van der Waals surface area contributed by atoms with Crippen molar-refractivity contribution in [1.82, 2.24) is 10.3 Å². The van der Waals surface area contributed by atoms with Gasteiger partial charge in [-0.2, -0.15) is 0 Å². The fourth-order valence-electron chi connectivity index (χ4n) is 3.35. The molecule has 1 aliphatic carbocycles. The van der Waals surface area contributed by atoms with Gasteiger partial charge in [-0.05, 0) is 56.3 Å². The molecule has 1 aromatic carbocycles. The third kappa shape index (κ3) is 3.21. The van der Waals surface area contributed by atoms with Crippen LogP contribution in [0, 0.1) is 11.8 Å². The quantitative estimate of drug-likeness (QED) is 0.804. The first kappa shape index (κ1) is 14.0. The van der Waals surface area contributed by atoms with Crippen molar-refractivity contribution in [2.75, 3.05) is 13.1 Å². The van der Waals surface area contributed by atoms with Crippen molar-refractivity contribution < 1.29 is 0 Å². The Labute approximate surface area is 125 Å². The molecular formula is C17H24N2S. The lowest BCUT2D eigenvalue weighted by Crippen LogP contribution is -2.26. The van der Waals surface area contributed by atoms with Crippen molar-refractivity contribution in [3.63, 3.8) is 0 Å². The van der Waals surface area contributed by atoms with Gasteiger partial charge in [0, 0.05) is 6.42 Å². The zero-order chi connectivity index (χ0) is 13.8. The summed E-state index contributed by atoms with van der Waals surface area (Å²) in [4.78, 5) is 4.81. The second kappa shape index (κ2) is 6.68. The Morgan fingerprint density at radius 2 is 2.10 bits per heavy atom. The normalized spacial score (nSPS) is 22.6. The summed E-state index contributed by atoms with van der Waals surface area (Å²) in [7, 11) is 0. The predicted octanol–water partition coefficient (Wildman–Crippen LogP) is 4.25. The van der Waals surface area contributed by atoms with Crippen LogP contribution >= 0.6 is 11.3 Å². The number of nitrogens with one attached hydrogen (secondary N) is 1. The Bertz CT molecular complexity index is 516. The van der Waals surface area contributed by atoms with Gasteiger partial charge in [0.2, 0.25) is 0 Å². The number of hydrogen-bond donors (Lipinski definition) is 1. The number of aromatic nitrogens is 1. The molecule has 2 aromatic rings. The van der Waals surface area contributed by atoms with Crippen LogP contribution in [0.5, 0.6) is 0 Å². The third-order valence-electron chi connectivity index (χ3n) is 4.42. The SMILES string of the molecule is CCCNCC1CCCC1Cc1nc2ccccc2s1. The highest BCUT2D eigenvalue weighted by atomic mass is 32.1. The lowest BCUT2D eigenvalue weighted by atomic mass is 9.93. The summed E-state index contributed by atoms with van der Waals surface area (Å²) in [6, 6.07) is 8.51. The van der Waals surface area contributed by atoms with Gasteiger partial charge < -0.3 is 5.32 Å². The van der Waals surface area contributed by atoms with E-state index in [1.165, 1.54) is 53.9 Å². The Balaban J connectivity index is 1.63. The fraction of sp³-hybridized carbons (Fsp3) is 0.588.